The van der Waals surface area contributed by atoms with E-state index >= 15 is 0 Å². The van der Waals surface area contributed by atoms with Gasteiger partial charge >= 0.3 is 6.18 Å². The number of anilines is 1. The largest absolute Gasteiger partial charge is 0.418 e. The highest BCUT2D eigenvalue weighted by molar-refractivity contribution is 7.80. The van der Waals surface area contributed by atoms with Crippen LogP contribution in [0.5, 0.6) is 0 Å². The van der Waals surface area contributed by atoms with E-state index in [1.807, 2.05) is 0 Å². The predicted octanol–water partition coefficient (Wildman–Crippen LogP) is 5.21. The summed E-state index contributed by atoms with van der Waals surface area (Å²) in [4.78, 5) is 0. The Bertz CT molecular complexity index is 475. The quantitative estimate of drug-likeness (QED) is 0.670. The van der Waals surface area contributed by atoms with Gasteiger partial charge in [-0.15, -0.1) is 0 Å². The fraction of sp³-hybridized carbons (Fsp3) is 0.562. The van der Waals surface area contributed by atoms with Crippen molar-refractivity contribution < 1.29 is 13.2 Å². The minimum Gasteiger partial charge on any atom is -0.362 e. The van der Waals surface area contributed by atoms with Crippen LogP contribution in [0.1, 0.15) is 45.1 Å². The van der Waals surface area contributed by atoms with Gasteiger partial charge in [0.15, 0.2) is 5.11 Å². The van der Waals surface area contributed by atoms with Crippen LogP contribution in [-0.2, 0) is 6.18 Å². The first-order valence-electron chi connectivity index (χ1n) is 7.59. The number of nitrogens with one attached hydrogen (secondary N) is 2. The van der Waals surface area contributed by atoms with Gasteiger partial charge in [0.1, 0.15) is 0 Å². The maximum absolute atomic E-state index is 12.9. The molecule has 0 radical (unpaired) electrons. The second kappa shape index (κ2) is 8.98. The summed E-state index contributed by atoms with van der Waals surface area (Å²) in [5.41, 5.74) is -0.730. The van der Waals surface area contributed by atoms with Crippen LogP contribution in [0.25, 0.3) is 0 Å². The molecular formula is C16H23F3N2S. The molecule has 0 saturated carbocycles. The number of benzene rings is 1. The Labute approximate surface area is 135 Å². The normalized spacial score (nSPS) is 12.8. The molecule has 0 amide bonds. The van der Waals surface area contributed by atoms with Crippen LogP contribution in [0.15, 0.2) is 24.3 Å². The van der Waals surface area contributed by atoms with E-state index in [-0.39, 0.29) is 10.8 Å². The maximum atomic E-state index is 12.9. The average molecular weight is 332 g/mol. The fourth-order valence-corrected chi connectivity index (χ4v) is 2.38. The molecule has 6 heteroatoms. The molecule has 22 heavy (non-hydrogen) atoms. The van der Waals surface area contributed by atoms with Crippen molar-refractivity contribution in [3.8, 4) is 0 Å². The van der Waals surface area contributed by atoms with Crippen LogP contribution in [0, 0.1) is 5.92 Å². The molecule has 0 aromatic heterocycles. The van der Waals surface area contributed by atoms with Crippen molar-refractivity contribution in [1.82, 2.24) is 5.32 Å². The zero-order chi connectivity index (χ0) is 16.6. The van der Waals surface area contributed by atoms with Crippen LogP contribution in [0.2, 0.25) is 0 Å². The van der Waals surface area contributed by atoms with Crippen molar-refractivity contribution in [1.29, 1.82) is 0 Å². The average Bonchev–Trinajstić information content (AvgIpc) is 2.47. The molecule has 1 atom stereocenters. The van der Waals surface area contributed by atoms with Crippen molar-refractivity contribution in [3.05, 3.63) is 29.8 Å². The molecule has 1 rings (SSSR count). The second-order valence-electron chi connectivity index (χ2n) is 5.29. The highest BCUT2D eigenvalue weighted by Crippen LogP contribution is 2.34. The lowest BCUT2D eigenvalue weighted by Gasteiger charge is -2.19. The molecule has 124 valence electrons. The van der Waals surface area contributed by atoms with Crippen molar-refractivity contribution in [2.75, 3.05) is 11.9 Å². The van der Waals surface area contributed by atoms with Crippen LogP contribution in [0.3, 0.4) is 0 Å². The molecule has 1 unspecified atom stereocenters. The molecule has 0 bridgehead atoms. The summed E-state index contributed by atoms with van der Waals surface area (Å²) in [6, 6.07) is 5.34. The number of hydrogen-bond acceptors (Lipinski definition) is 1. The van der Waals surface area contributed by atoms with Gasteiger partial charge in [-0.2, -0.15) is 13.2 Å². The van der Waals surface area contributed by atoms with E-state index in [0.29, 0.717) is 12.5 Å². The Morgan fingerprint density at radius 2 is 1.91 bits per heavy atom. The topological polar surface area (TPSA) is 24.1 Å². The Hall–Kier alpha value is -1.30. The summed E-state index contributed by atoms with van der Waals surface area (Å²) in [5, 5.41) is 5.90. The number of para-hydroxylation sites is 1. The molecule has 0 spiro atoms. The van der Waals surface area contributed by atoms with Gasteiger partial charge in [0.25, 0.3) is 0 Å². The van der Waals surface area contributed by atoms with Gasteiger partial charge in [-0.1, -0.05) is 45.2 Å². The first-order chi connectivity index (χ1) is 10.4. The highest BCUT2D eigenvalue weighted by Gasteiger charge is 2.33. The zero-order valence-corrected chi connectivity index (χ0v) is 13.8. The van der Waals surface area contributed by atoms with E-state index < -0.39 is 11.7 Å². The van der Waals surface area contributed by atoms with Crippen molar-refractivity contribution >= 4 is 23.0 Å². The molecule has 2 N–H and O–H groups in total. The Morgan fingerprint density at radius 3 is 2.50 bits per heavy atom. The predicted molar refractivity (Wildman–Crippen MR) is 89.0 cm³/mol. The third kappa shape index (κ3) is 6.22. The summed E-state index contributed by atoms with van der Waals surface area (Å²) in [5.74, 6) is 0.484. The minimum absolute atomic E-state index is 0.0193. The Kier molecular flexibility index (Phi) is 7.65. The van der Waals surface area contributed by atoms with Crippen molar-refractivity contribution in [2.24, 2.45) is 5.92 Å². The number of alkyl halides is 3. The molecule has 0 aliphatic carbocycles. The second-order valence-corrected chi connectivity index (χ2v) is 5.70. The molecule has 0 saturated heterocycles. The lowest BCUT2D eigenvalue weighted by Crippen LogP contribution is -2.33. The number of hydrogen-bond donors (Lipinski definition) is 2. The van der Waals surface area contributed by atoms with Crippen molar-refractivity contribution in [3.63, 3.8) is 0 Å². The molecule has 2 nitrogen and oxygen atoms in total. The molecule has 1 aromatic carbocycles. The van der Waals surface area contributed by atoms with E-state index in [1.54, 1.807) is 6.07 Å². The van der Waals surface area contributed by atoms with Crippen LogP contribution in [-0.4, -0.2) is 11.7 Å². The van der Waals surface area contributed by atoms with E-state index in [9.17, 15) is 13.2 Å². The maximum Gasteiger partial charge on any atom is 0.418 e. The molecule has 0 aliphatic heterocycles. The lowest BCUT2D eigenvalue weighted by atomic mass is 9.99. The SMILES string of the molecule is CCCCC(CC)CNC(=S)Nc1ccccc1C(F)(F)F. The van der Waals surface area contributed by atoms with Gasteiger partial charge in [0, 0.05) is 6.54 Å². The molecular weight excluding hydrogens is 309 g/mol. The van der Waals surface area contributed by atoms with Gasteiger partial charge < -0.3 is 10.6 Å². The summed E-state index contributed by atoms with van der Waals surface area (Å²) < 4.78 is 38.7. The van der Waals surface area contributed by atoms with Gasteiger partial charge in [0.05, 0.1) is 11.3 Å². The van der Waals surface area contributed by atoms with E-state index in [0.717, 1.165) is 31.7 Å². The third-order valence-corrected chi connectivity index (χ3v) is 3.82. The first kappa shape index (κ1) is 18.7. The van der Waals surface area contributed by atoms with E-state index in [4.69, 9.17) is 12.2 Å². The molecule has 1 aromatic rings. The van der Waals surface area contributed by atoms with Gasteiger partial charge in [-0.05, 0) is 36.7 Å². The number of thiocarbonyl (C=S) groups is 1. The zero-order valence-electron chi connectivity index (χ0n) is 13.0. The molecule has 0 aliphatic rings. The molecule has 0 heterocycles. The van der Waals surface area contributed by atoms with Gasteiger partial charge in [0.2, 0.25) is 0 Å². The highest BCUT2D eigenvalue weighted by atomic mass is 32.1. The number of halogens is 3. The third-order valence-electron chi connectivity index (χ3n) is 3.58. The summed E-state index contributed by atoms with van der Waals surface area (Å²) >= 11 is 5.11. The Balaban J connectivity index is 2.59. The lowest BCUT2D eigenvalue weighted by molar-refractivity contribution is -0.136. The van der Waals surface area contributed by atoms with Gasteiger partial charge in [-0.25, -0.2) is 0 Å². The standard InChI is InChI=1S/C16H23F3N2S/c1-3-5-8-12(4-2)11-20-15(22)21-14-10-7-6-9-13(14)16(17,18)19/h6-7,9-10,12H,3-5,8,11H2,1-2H3,(H2,20,21,22). The van der Waals surface area contributed by atoms with Crippen LogP contribution >= 0.6 is 12.2 Å². The van der Waals surface area contributed by atoms with Gasteiger partial charge in [-0.3, -0.25) is 0 Å². The summed E-state index contributed by atoms with van der Waals surface area (Å²) in [6.07, 6.45) is 0.0121. The summed E-state index contributed by atoms with van der Waals surface area (Å²) in [6.45, 7) is 4.92. The van der Waals surface area contributed by atoms with Crippen LogP contribution in [0.4, 0.5) is 18.9 Å². The van der Waals surface area contributed by atoms with E-state index in [1.165, 1.54) is 12.1 Å². The minimum atomic E-state index is -4.40. The number of unbranched alkanes of at least 4 members (excludes halogenated alkanes) is 1. The van der Waals surface area contributed by atoms with Crippen LogP contribution < -0.4 is 10.6 Å². The number of rotatable bonds is 7. The van der Waals surface area contributed by atoms with E-state index in [2.05, 4.69) is 24.5 Å². The fourth-order valence-electron chi connectivity index (χ4n) is 2.19. The smallest absolute Gasteiger partial charge is 0.362 e. The molecule has 0 fully saturated rings. The first-order valence-corrected chi connectivity index (χ1v) is 8.00. The monoisotopic (exact) mass is 332 g/mol. The van der Waals surface area contributed by atoms with Crippen molar-refractivity contribution in [2.45, 2.75) is 45.7 Å². The summed E-state index contributed by atoms with van der Waals surface area (Å²) in [7, 11) is 0. The Morgan fingerprint density at radius 1 is 1.23 bits per heavy atom.